The van der Waals surface area contributed by atoms with Crippen LogP contribution < -0.4 is 4.84 Å². The van der Waals surface area contributed by atoms with E-state index in [1.807, 2.05) is 0 Å². The van der Waals surface area contributed by atoms with Crippen molar-refractivity contribution in [3.05, 3.63) is 24.5 Å². The molecule has 0 saturated carbocycles. The molecule has 1 aromatic heterocycles. The lowest BCUT2D eigenvalue weighted by atomic mass is 10.4. The summed E-state index contributed by atoms with van der Waals surface area (Å²) in [5.41, 5.74) is 0. The van der Waals surface area contributed by atoms with E-state index in [0.29, 0.717) is 12.2 Å². The molecule has 0 spiro atoms. The predicted molar refractivity (Wildman–Crippen MR) is 52.8 cm³/mol. The van der Waals surface area contributed by atoms with Gasteiger partial charge >= 0.3 is 6.18 Å². The van der Waals surface area contributed by atoms with Crippen LogP contribution in [0.25, 0.3) is 0 Å². The van der Waals surface area contributed by atoms with Crippen LogP contribution in [-0.2, 0) is 0 Å². The van der Waals surface area contributed by atoms with Crippen LogP contribution in [0.15, 0.2) is 24.5 Å². The van der Waals surface area contributed by atoms with Crippen molar-refractivity contribution in [2.75, 3.05) is 13.1 Å². The van der Waals surface area contributed by atoms with Gasteiger partial charge in [0, 0.05) is 12.7 Å². The topological polar surface area (TPSA) is 25.4 Å². The second kappa shape index (κ2) is 5.69. The summed E-state index contributed by atoms with van der Waals surface area (Å²) >= 11 is 0. The summed E-state index contributed by atoms with van der Waals surface area (Å²) in [5.74, 6) is 0.306. The molecular formula is C10H13F3N2O. The number of rotatable bonds is 5. The second-order valence-electron chi connectivity index (χ2n) is 3.26. The van der Waals surface area contributed by atoms with E-state index in [2.05, 4.69) is 4.98 Å². The molecule has 16 heavy (non-hydrogen) atoms. The lowest BCUT2D eigenvalue weighted by molar-refractivity contribution is -0.195. The van der Waals surface area contributed by atoms with E-state index in [1.165, 1.54) is 12.4 Å². The van der Waals surface area contributed by atoms with Crippen LogP contribution in [0.4, 0.5) is 13.2 Å². The van der Waals surface area contributed by atoms with Gasteiger partial charge in [-0.2, -0.15) is 13.2 Å². The fourth-order valence-electron chi connectivity index (χ4n) is 1.16. The Morgan fingerprint density at radius 1 is 1.44 bits per heavy atom. The van der Waals surface area contributed by atoms with Crippen LogP contribution in [-0.4, -0.2) is 29.3 Å². The van der Waals surface area contributed by atoms with E-state index in [4.69, 9.17) is 4.84 Å². The van der Waals surface area contributed by atoms with Gasteiger partial charge in [-0.15, -0.1) is 5.06 Å². The van der Waals surface area contributed by atoms with Gasteiger partial charge in [-0.05, 0) is 18.6 Å². The molecule has 6 heteroatoms. The van der Waals surface area contributed by atoms with Crippen LogP contribution in [0.2, 0.25) is 0 Å². The predicted octanol–water partition coefficient (Wildman–Crippen LogP) is 2.65. The van der Waals surface area contributed by atoms with Crippen molar-refractivity contribution in [2.45, 2.75) is 19.5 Å². The molecule has 0 amide bonds. The van der Waals surface area contributed by atoms with Gasteiger partial charge in [-0.3, -0.25) is 4.98 Å². The molecule has 0 bridgehead atoms. The average Bonchev–Trinajstić information content (AvgIpc) is 2.17. The Hall–Kier alpha value is -1.30. The molecular weight excluding hydrogens is 221 g/mol. The van der Waals surface area contributed by atoms with Gasteiger partial charge < -0.3 is 4.84 Å². The van der Waals surface area contributed by atoms with Crippen molar-refractivity contribution in [2.24, 2.45) is 0 Å². The van der Waals surface area contributed by atoms with Gasteiger partial charge in [0.1, 0.15) is 6.54 Å². The molecule has 1 aromatic rings. The third kappa shape index (κ3) is 4.97. The highest BCUT2D eigenvalue weighted by Crippen LogP contribution is 2.18. The molecule has 0 N–H and O–H groups in total. The first-order valence-electron chi connectivity index (χ1n) is 4.91. The summed E-state index contributed by atoms with van der Waals surface area (Å²) in [5, 5.41) is 0.886. The smallest absolute Gasteiger partial charge is 0.404 e. The molecule has 0 saturated heterocycles. The third-order valence-electron chi connectivity index (χ3n) is 1.70. The van der Waals surface area contributed by atoms with Crippen molar-refractivity contribution in [3.8, 4) is 5.75 Å². The fraction of sp³-hybridized carbons (Fsp3) is 0.500. The maximum Gasteiger partial charge on any atom is 0.404 e. The minimum absolute atomic E-state index is 0.217. The molecule has 3 nitrogen and oxygen atoms in total. The van der Waals surface area contributed by atoms with E-state index in [9.17, 15) is 13.2 Å². The van der Waals surface area contributed by atoms with Crippen LogP contribution in [0.1, 0.15) is 13.3 Å². The highest BCUT2D eigenvalue weighted by Gasteiger charge is 2.31. The quantitative estimate of drug-likeness (QED) is 0.732. The molecule has 1 heterocycles. The normalized spacial score (nSPS) is 11.8. The lowest BCUT2D eigenvalue weighted by Gasteiger charge is -2.22. The van der Waals surface area contributed by atoms with Gasteiger partial charge in [-0.1, -0.05) is 6.92 Å². The van der Waals surface area contributed by atoms with Crippen molar-refractivity contribution in [1.29, 1.82) is 0 Å². The van der Waals surface area contributed by atoms with Crippen LogP contribution in [0, 0.1) is 0 Å². The highest BCUT2D eigenvalue weighted by atomic mass is 19.4. The van der Waals surface area contributed by atoms with Crippen molar-refractivity contribution in [1.82, 2.24) is 10.0 Å². The summed E-state index contributed by atoms with van der Waals surface area (Å²) < 4.78 is 36.6. The van der Waals surface area contributed by atoms with Crippen molar-refractivity contribution >= 4 is 0 Å². The average molecular weight is 234 g/mol. The summed E-state index contributed by atoms with van der Waals surface area (Å²) in [6.45, 7) is 0.917. The molecule has 0 aliphatic heterocycles. The zero-order valence-electron chi connectivity index (χ0n) is 8.87. The monoisotopic (exact) mass is 234 g/mol. The van der Waals surface area contributed by atoms with Crippen LogP contribution in [0.5, 0.6) is 5.75 Å². The van der Waals surface area contributed by atoms with Gasteiger partial charge in [0.25, 0.3) is 0 Å². The Morgan fingerprint density at radius 3 is 2.69 bits per heavy atom. The van der Waals surface area contributed by atoms with Gasteiger partial charge in [0.15, 0.2) is 5.75 Å². The number of hydrogen-bond acceptors (Lipinski definition) is 3. The Labute approximate surface area is 91.8 Å². The number of nitrogens with zero attached hydrogens (tertiary/aromatic N) is 2. The van der Waals surface area contributed by atoms with Gasteiger partial charge in [0.2, 0.25) is 0 Å². The van der Waals surface area contributed by atoms with Gasteiger partial charge in [0.05, 0.1) is 6.20 Å². The van der Waals surface area contributed by atoms with E-state index in [-0.39, 0.29) is 6.54 Å². The molecule has 90 valence electrons. The highest BCUT2D eigenvalue weighted by molar-refractivity contribution is 5.14. The largest absolute Gasteiger partial charge is 0.404 e. The zero-order valence-corrected chi connectivity index (χ0v) is 8.87. The van der Waals surface area contributed by atoms with E-state index >= 15 is 0 Å². The summed E-state index contributed by atoms with van der Waals surface area (Å²) in [6, 6.07) is 3.17. The van der Waals surface area contributed by atoms with Crippen LogP contribution in [0.3, 0.4) is 0 Å². The molecule has 0 fully saturated rings. The van der Waals surface area contributed by atoms with Crippen molar-refractivity contribution < 1.29 is 18.0 Å². The maximum atomic E-state index is 12.2. The van der Waals surface area contributed by atoms with Gasteiger partial charge in [-0.25, -0.2) is 0 Å². The zero-order chi connectivity index (χ0) is 12.0. The molecule has 0 aliphatic carbocycles. The number of hydrogen-bond donors (Lipinski definition) is 0. The summed E-state index contributed by atoms with van der Waals surface area (Å²) in [4.78, 5) is 8.84. The third-order valence-corrected chi connectivity index (χ3v) is 1.70. The Kier molecular flexibility index (Phi) is 4.54. The number of pyridine rings is 1. The van der Waals surface area contributed by atoms with Crippen molar-refractivity contribution in [3.63, 3.8) is 0 Å². The Bertz CT molecular complexity index is 303. The molecule has 0 aliphatic rings. The first-order valence-corrected chi connectivity index (χ1v) is 4.91. The summed E-state index contributed by atoms with van der Waals surface area (Å²) in [7, 11) is 0. The second-order valence-corrected chi connectivity index (χ2v) is 3.26. The Morgan fingerprint density at radius 2 is 2.19 bits per heavy atom. The SMILES string of the molecule is CCCN(CC(F)(F)F)Oc1cccnc1. The number of aromatic nitrogens is 1. The Balaban J connectivity index is 2.58. The minimum atomic E-state index is -4.27. The first kappa shape index (κ1) is 12.8. The fourth-order valence-corrected chi connectivity index (χ4v) is 1.16. The first-order chi connectivity index (χ1) is 7.51. The maximum absolute atomic E-state index is 12.2. The number of alkyl halides is 3. The van der Waals surface area contributed by atoms with E-state index < -0.39 is 12.7 Å². The molecule has 0 radical (unpaired) electrons. The van der Waals surface area contributed by atoms with E-state index in [1.54, 1.807) is 19.1 Å². The molecule has 0 unspecified atom stereocenters. The minimum Gasteiger partial charge on any atom is -0.404 e. The van der Waals surface area contributed by atoms with E-state index in [0.717, 1.165) is 5.06 Å². The standard InChI is InChI=1S/C10H13F3N2O/c1-2-6-15(8-10(11,12)13)16-9-4-3-5-14-7-9/h3-5,7H,2,6,8H2,1H3. The lowest BCUT2D eigenvalue weighted by Crippen LogP contribution is -2.37. The summed E-state index contributed by atoms with van der Waals surface area (Å²) in [6.07, 6.45) is -0.784. The molecule has 0 aromatic carbocycles. The number of hydroxylamine groups is 2. The number of halogens is 3. The molecule has 1 rings (SSSR count). The molecule has 0 atom stereocenters. The van der Waals surface area contributed by atoms with Crippen LogP contribution >= 0.6 is 0 Å².